The molecule has 98 valence electrons. The third-order valence-electron chi connectivity index (χ3n) is 3.61. The van der Waals surface area contributed by atoms with Crippen molar-refractivity contribution in [1.29, 1.82) is 0 Å². The van der Waals surface area contributed by atoms with Gasteiger partial charge in [-0.1, -0.05) is 30.3 Å². The van der Waals surface area contributed by atoms with Crippen LogP contribution >= 0.6 is 0 Å². The van der Waals surface area contributed by atoms with Crippen LogP contribution in [0.15, 0.2) is 30.3 Å². The summed E-state index contributed by atoms with van der Waals surface area (Å²) in [5.41, 5.74) is 0.811. The molecule has 0 amide bonds. The fourth-order valence-corrected chi connectivity index (χ4v) is 2.48. The summed E-state index contributed by atoms with van der Waals surface area (Å²) in [5, 5.41) is 12.5. The van der Waals surface area contributed by atoms with E-state index < -0.39 is 12.0 Å². The summed E-state index contributed by atoms with van der Waals surface area (Å²) in [6.07, 6.45) is 2.34. The zero-order chi connectivity index (χ0) is 13.0. The Hall–Kier alpha value is -1.39. The molecule has 2 N–H and O–H groups in total. The van der Waals surface area contributed by atoms with Gasteiger partial charge in [-0.15, -0.1) is 0 Å². The van der Waals surface area contributed by atoms with E-state index in [2.05, 4.69) is 17.3 Å². The molecular weight excluding hydrogens is 228 g/mol. The van der Waals surface area contributed by atoms with Gasteiger partial charge in [0.25, 0.3) is 0 Å². The smallest absolute Gasteiger partial charge is 0.325 e. The van der Waals surface area contributed by atoms with Crippen molar-refractivity contribution in [2.75, 3.05) is 20.1 Å². The molecule has 0 aliphatic carbocycles. The Morgan fingerprint density at radius 3 is 2.78 bits per heavy atom. The Morgan fingerprint density at radius 2 is 2.22 bits per heavy atom. The van der Waals surface area contributed by atoms with Crippen molar-refractivity contribution >= 4 is 5.97 Å². The Morgan fingerprint density at radius 1 is 1.50 bits per heavy atom. The van der Waals surface area contributed by atoms with Crippen LogP contribution in [-0.4, -0.2) is 42.2 Å². The SMILES string of the molecule is CN1CCCC1CNC(C(=O)O)c1ccccc1. The maximum atomic E-state index is 11.3. The number of carbonyl (C=O) groups is 1. The van der Waals surface area contributed by atoms with E-state index in [1.165, 1.54) is 6.42 Å². The first-order valence-corrected chi connectivity index (χ1v) is 6.40. The molecule has 1 aliphatic heterocycles. The van der Waals surface area contributed by atoms with E-state index in [9.17, 15) is 9.90 Å². The van der Waals surface area contributed by atoms with Gasteiger partial charge in [0.05, 0.1) is 0 Å². The molecular formula is C14H20N2O2. The van der Waals surface area contributed by atoms with Gasteiger partial charge in [-0.2, -0.15) is 0 Å². The fourth-order valence-electron chi connectivity index (χ4n) is 2.48. The molecule has 18 heavy (non-hydrogen) atoms. The lowest BCUT2D eigenvalue weighted by molar-refractivity contribution is -0.139. The van der Waals surface area contributed by atoms with Crippen LogP contribution in [0.4, 0.5) is 0 Å². The minimum atomic E-state index is -0.818. The van der Waals surface area contributed by atoms with Crippen molar-refractivity contribution < 1.29 is 9.90 Å². The van der Waals surface area contributed by atoms with Crippen LogP contribution in [-0.2, 0) is 4.79 Å². The first-order chi connectivity index (χ1) is 8.68. The highest BCUT2D eigenvalue weighted by atomic mass is 16.4. The second-order valence-electron chi connectivity index (χ2n) is 4.87. The van der Waals surface area contributed by atoms with Crippen LogP contribution in [0.1, 0.15) is 24.4 Å². The molecule has 1 saturated heterocycles. The average molecular weight is 248 g/mol. The average Bonchev–Trinajstić information content (AvgIpc) is 2.76. The standard InChI is InChI=1S/C14H20N2O2/c1-16-9-5-8-12(16)10-15-13(14(17)18)11-6-3-2-4-7-11/h2-4,6-7,12-13,15H,5,8-10H2,1H3,(H,17,18). The number of hydrogen-bond acceptors (Lipinski definition) is 3. The highest BCUT2D eigenvalue weighted by Gasteiger charge is 2.24. The quantitative estimate of drug-likeness (QED) is 0.829. The van der Waals surface area contributed by atoms with Crippen molar-refractivity contribution in [3.05, 3.63) is 35.9 Å². The number of carboxylic acid groups (broad SMARTS) is 1. The lowest BCUT2D eigenvalue weighted by atomic mass is 10.1. The van der Waals surface area contributed by atoms with Gasteiger partial charge in [-0.05, 0) is 32.0 Å². The summed E-state index contributed by atoms with van der Waals surface area (Å²) in [5.74, 6) is -0.818. The first kappa shape index (κ1) is 13.1. The van der Waals surface area contributed by atoms with Crippen molar-refractivity contribution in [3.63, 3.8) is 0 Å². The number of nitrogens with zero attached hydrogens (tertiary/aromatic N) is 1. The second-order valence-corrected chi connectivity index (χ2v) is 4.87. The predicted octanol–water partition coefficient (Wildman–Crippen LogP) is 1.50. The molecule has 0 saturated carbocycles. The number of benzene rings is 1. The molecule has 1 fully saturated rings. The van der Waals surface area contributed by atoms with Crippen LogP contribution in [0.25, 0.3) is 0 Å². The Bertz CT molecular complexity index is 394. The molecule has 1 aromatic rings. The highest BCUT2D eigenvalue weighted by Crippen LogP contribution is 2.17. The molecule has 0 bridgehead atoms. The monoisotopic (exact) mass is 248 g/mol. The summed E-state index contributed by atoms with van der Waals surface area (Å²) in [7, 11) is 2.09. The van der Waals surface area contributed by atoms with Crippen LogP contribution in [0.3, 0.4) is 0 Å². The molecule has 2 unspecified atom stereocenters. The topological polar surface area (TPSA) is 52.6 Å². The number of hydrogen-bond donors (Lipinski definition) is 2. The van der Waals surface area contributed by atoms with Crippen molar-refractivity contribution in [2.45, 2.75) is 24.9 Å². The van der Waals surface area contributed by atoms with Gasteiger partial charge in [-0.3, -0.25) is 10.1 Å². The summed E-state index contributed by atoms with van der Waals surface area (Å²) < 4.78 is 0. The predicted molar refractivity (Wildman–Crippen MR) is 70.5 cm³/mol. The number of likely N-dealkylation sites (tertiary alicyclic amines) is 1. The summed E-state index contributed by atoms with van der Waals surface area (Å²) in [4.78, 5) is 13.6. The minimum absolute atomic E-state index is 0.454. The number of rotatable bonds is 5. The van der Waals surface area contributed by atoms with Crippen LogP contribution < -0.4 is 5.32 Å². The Kier molecular flexibility index (Phi) is 4.33. The van der Waals surface area contributed by atoms with E-state index in [1.807, 2.05) is 30.3 Å². The lowest BCUT2D eigenvalue weighted by Gasteiger charge is -2.22. The van der Waals surface area contributed by atoms with Gasteiger partial charge < -0.3 is 10.0 Å². The fraction of sp³-hybridized carbons (Fsp3) is 0.500. The maximum Gasteiger partial charge on any atom is 0.325 e. The van der Waals surface area contributed by atoms with Crippen molar-refractivity contribution in [3.8, 4) is 0 Å². The molecule has 4 nitrogen and oxygen atoms in total. The number of likely N-dealkylation sites (N-methyl/N-ethyl adjacent to an activating group) is 1. The normalized spacial score (nSPS) is 21.9. The third-order valence-corrected chi connectivity index (χ3v) is 3.61. The zero-order valence-electron chi connectivity index (χ0n) is 10.7. The van der Waals surface area contributed by atoms with Crippen molar-refractivity contribution in [1.82, 2.24) is 10.2 Å². The largest absolute Gasteiger partial charge is 0.480 e. The summed E-state index contributed by atoms with van der Waals surface area (Å²) in [6.45, 7) is 1.83. The van der Waals surface area contributed by atoms with Gasteiger partial charge in [0.2, 0.25) is 0 Å². The zero-order valence-corrected chi connectivity index (χ0v) is 10.7. The Balaban J connectivity index is 1.97. The van der Waals surface area contributed by atoms with Crippen LogP contribution in [0.5, 0.6) is 0 Å². The van der Waals surface area contributed by atoms with Gasteiger partial charge in [0.1, 0.15) is 6.04 Å². The third kappa shape index (κ3) is 3.09. The number of nitrogens with one attached hydrogen (secondary N) is 1. The van der Waals surface area contributed by atoms with E-state index in [0.29, 0.717) is 6.04 Å². The first-order valence-electron chi connectivity index (χ1n) is 6.40. The van der Waals surface area contributed by atoms with Gasteiger partial charge in [0.15, 0.2) is 0 Å². The van der Waals surface area contributed by atoms with E-state index >= 15 is 0 Å². The molecule has 2 rings (SSSR count). The molecule has 1 aromatic carbocycles. The van der Waals surface area contributed by atoms with Gasteiger partial charge in [0, 0.05) is 12.6 Å². The second kappa shape index (κ2) is 5.98. The van der Waals surface area contributed by atoms with Crippen LogP contribution in [0, 0.1) is 0 Å². The maximum absolute atomic E-state index is 11.3. The number of carboxylic acids is 1. The number of aliphatic carboxylic acids is 1. The lowest BCUT2D eigenvalue weighted by Crippen LogP contribution is -2.39. The van der Waals surface area contributed by atoms with E-state index in [-0.39, 0.29) is 0 Å². The van der Waals surface area contributed by atoms with Gasteiger partial charge >= 0.3 is 5.97 Å². The van der Waals surface area contributed by atoms with E-state index in [1.54, 1.807) is 0 Å². The van der Waals surface area contributed by atoms with E-state index in [0.717, 1.165) is 25.1 Å². The molecule has 1 aliphatic rings. The minimum Gasteiger partial charge on any atom is -0.480 e. The van der Waals surface area contributed by atoms with E-state index in [4.69, 9.17) is 0 Å². The highest BCUT2D eigenvalue weighted by molar-refractivity contribution is 5.75. The molecule has 0 spiro atoms. The Labute approximate surface area is 108 Å². The summed E-state index contributed by atoms with van der Waals surface area (Å²) in [6, 6.07) is 9.18. The van der Waals surface area contributed by atoms with Crippen LogP contribution in [0.2, 0.25) is 0 Å². The van der Waals surface area contributed by atoms with Gasteiger partial charge in [-0.25, -0.2) is 0 Å². The molecule has 0 radical (unpaired) electrons. The molecule has 4 heteroatoms. The molecule has 2 atom stereocenters. The summed E-state index contributed by atoms with van der Waals surface area (Å²) >= 11 is 0. The molecule has 1 heterocycles. The van der Waals surface area contributed by atoms with Crippen molar-refractivity contribution in [2.24, 2.45) is 0 Å². The molecule has 0 aromatic heterocycles.